The molecule has 1 aliphatic carbocycles. The van der Waals surface area contributed by atoms with E-state index in [0.29, 0.717) is 0 Å². The Labute approximate surface area is 120 Å². The molecule has 0 atom stereocenters. The molecule has 0 amide bonds. The minimum Gasteiger partial charge on any atom is -0.352 e. The first-order valence-electron chi connectivity index (χ1n) is 6.71. The molecule has 0 fully saturated rings. The Bertz CT molecular complexity index is 824. The van der Waals surface area contributed by atoms with E-state index in [1.165, 1.54) is 10.9 Å². The Morgan fingerprint density at radius 1 is 1.10 bits per heavy atom. The summed E-state index contributed by atoms with van der Waals surface area (Å²) in [6, 6.07) is 12.2. The van der Waals surface area contributed by atoms with Gasteiger partial charge in [-0.1, -0.05) is 24.3 Å². The van der Waals surface area contributed by atoms with Crippen LogP contribution in [0, 0.1) is 0 Å². The molecule has 0 aliphatic heterocycles. The molecule has 98 valence electrons. The van der Waals surface area contributed by atoms with Crippen molar-refractivity contribution in [3.63, 3.8) is 0 Å². The van der Waals surface area contributed by atoms with Crippen molar-refractivity contribution in [2.24, 2.45) is 0 Å². The fourth-order valence-corrected chi connectivity index (χ4v) is 3.55. The molecular formula is C17H13NOS. The van der Waals surface area contributed by atoms with Crippen molar-refractivity contribution in [3.8, 4) is 0 Å². The van der Waals surface area contributed by atoms with Crippen molar-refractivity contribution < 1.29 is 4.79 Å². The van der Waals surface area contributed by atoms with Crippen LogP contribution in [0.2, 0.25) is 0 Å². The average molecular weight is 279 g/mol. The number of ketones is 1. The summed E-state index contributed by atoms with van der Waals surface area (Å²) < 4.78 is 0. The number of benzene rings is 1. The third kappa shape index (κ3) is 1.74. The van der Waals surface area contributed by atoms with Crippen molar-refractivity contribution in [1.82, 2.24) is 4.98 Å². The number of hydrogen-bond donors (Lipinski definition) is 1. The summed E-state index contributed by atoms with van der Waals surface area (Å²) in [5, 5.41) is 3.22. The van der Waals surface area contributed by atoms with Gasteiger partial charge in [0.15, 0.2) is 0 Å². The molecule has 0 spiro atoms. The van der Waals surface area contributed by atoms with Crippen LogP contribution >= 0.6 is 11.3 Å². The predicted octanol–water partition coefficient (Wildman–Crippen LogP) is 4.44. The summed E-state index contributed by atoms with van der Waals surface area (Å²) >= 11 is 1.67. The molecule has 0 unspecified atom stereocenters. The van der Waals surface area contributed by atoms with Gasteiger partial charge in [-0.2, -0.15) is 0 Å². The van der Waals surface area contributed by atoms with Crippen molar-refractivity contribution in [2.75, 3.05) is 0 Å². The second-order valence-corrected chi connectivity index (χ2v) is 6.02. The highest BCUT2D eigenvalue weighted by Crippen LogP contribution is 2.32. The van der Waals surface area contributed by atoms with Crippen molar-refractivity contribution in [3.05, 3.63) is 63.5 Å². The summed E-state index contributed by atoms with van der Waals surface area (Å²) in [5.41, 5.74) is 3.92. The van der Waals surface area contributed by atoms with E-state index in [4.69, 9.17) is 0 Å². The minimum atomic E-state index is 0.149. The first-order valence-corrected chi connectivity index (χ1v) is 7.59. The summed E-state index contributed by atoms with van der Waals surface area (Å²) in [7, 11) is 0. The molecule has 4 rings (SSSR count). The van der Waals surface area contributed by atoms with Gasteiger partial charge in [-0.3, -0.25) is 4.79 Å². The summed E-state index contributed by atoms with van der Waals surface area (Å²) in [4.78, 5) is 17.1. The highest BCUT2D eigenvalue weighted by Gasteiger charge is 2.25. The number of aromatic amines is 1. The number of H-pyrrole nitrogens is 1. The third-order valence-electron chi connectivity index (χ3n) is 3.84. The van der Waals surface area contributed by atoms with Gasteiger partial charge in [-0.25, -0.2) is 0 Å². The van der Waals surface area contributed by atoms with Gasteiger partial charge in [0.25, 0.3) is 0 Å². The van der Waals surface area contributed by atoms with Crippen LogP contribution in [-0.2, 0) is 6.42 Å². The summed E-state index contributed by atoms with van der Waals surface area (Å²) in [6.45, 7) is 0. The van der Waals surface area contributed by atoms with Crippen LogP contribution in [0.4, 0.5) is 0 Å². The van der Waals surface area contributed by atoms with E-state index in [1.54, 1.807) is 11.3 Å². The topological polar surface area (TPSA) is 32.9 Å². The van der Waals surface area contributed by atoms with Crippen molar-refractivity contribution >= 4 is 34.1 Å². The molecule has 0 saturated heterocycles. The number of rotatable bonds is 1. The van der Waals surface area contributed by atoms with Gasteiger partial charge in [-0.05, 0) is 42.0 Å². The fraction of sp³-hybridized carbons (Fsp3) is 0.118. The lowest BCUT2D eigenvalue weighted by molar-refractivity contribution is 0.102. The van der Waals surface area contributed by atoms with Crippen molar-refractivity contribution in [2.45, 2.75) is 12.8 Å². The molecule has 2 nitrogen and oxygen atoms in total. The molecule has 1 N–H and O–H groups in total. The fourth-order valence-electron chi connectivity index (χ4n) is 2.87. The van der Waals surface area contributed by atoms with Gasteiger partial charge in [0.2, 0.25) is 5.78 Å². The molecule has 1 aliphatic rings. The second-order valence-electron chi connectivity index (χ2n) is 5.04. The number of fused-ring (bicyclic) bond motifs is 3. The first-order chi connectivity index (χ1) is 9.83. The molecular weight excluding hydrogens is 266 g/mol. The normalized spacial score (nSPS) is 16.8. The van der Waals surface area contributed by atoms with Crippen LogP contribution in [0.3, 0.4) is 0 Å². The highest BCUT2D eigenvalue weighted by molar-refractivity contribution is 7.10. The van der Waals surface area contributed by atoms with E-state index in [0.717, 1.165) is 34.5 Å². The van der Waals surface area contributed by atoms with Crippen LogP contribution in [-0.4, -0.2) is 10.8 Å². The standard InChI is InChI=1S/C17H13NOS/c19-17-11(10-12-4-3-9-20-12)7-8-14-13-5-1-2-6-15(13)18-16(14)17/h1-6,9-10,18H,7-8H2/b11-10-. The maximum atomic E-state index is 12.6. The lowest BCUT2D eigenvalue weighted by atomic mass is 9.90. The van der Waals surface area contributed by atoms with Crippen LogP contribution in [0.1, 0.15) is 27.3 Å². The lowest BCUT2D eigenvalue weighted by Gasteiger charge is -2.13. The predicted molar refractivity (Wildman–Crippen MR) is 83.2 cm³/mol. The van der Waals surface area contributed by atoms with E-state index in [9.17, 15) is 4.79 Å². The number of para-hydroxylation sites is 1. The number of nitrogens with one attached hydrogen (secondary N) is 1. The van der Waals surface area contributed by atoms with Gasteiger partial charge in [0.1, 0.15) is 0 Å². The van der Waals surface area contributed by atoms with E-state index in [2.05, 4.69) is 11.1 Å². The smallest absolute Gasteiger partial charge is 0.205 e. The van der Waals surface area contributed by atoms with Crippen LogP contribution in [0.25, 0.3) is 17.0 Å². The maximum absolute atomic E-state index is 12.6. The van der Waals surface area contributed by atoms with E-state index >= 15 is 0 Å². The monoisotopic (exact) mass is 279 g/mol. The van der Waals surface area contributed by atoms with Crippen LogP contribution in [0.15, 0.2) is 47.4 Å². The Balaban J connectivity index is 1.83. The molecule has 0 bridgehead atoms. The quantitative estimate of drug-likeness (QED) is 0.656. The Morgan fingerprint density at radius 3 is 2.85 bits per heavy atom. The number of aromatic nitrogens is 1. The molecule has 1 aromatic carbocycles. The molecule has 0 saturated carbocycles. The Kier molecular flexibility index (Phi) is 2.60. The molecule has 0 radical (unpaired) electrons. The highest BCUT2D eigenvalue weighted by atomic mass is 32.1. The van der Waals surface area contributed by atoms with Crippen LogP contribution in [0.5, 0.6) is 0 Å². The SMILES string of the molecule is O=C1/C(=C\c2cccs2)CCc2c1[nH]c1ccccc21. The number of allylic oxidation sites excluding steroid dienone is 1. The van der Waals surface area contributed by atoms with Gasteiger partial charge >= 0.3 is 0 Å². The van der Waals surface area contributed by atoms with E-state index in [-0.39, 0.29) is 5.78 Å². The largest absolute Gasteiger partial charge is 0.352 e. The second kappa shape index (κ2) is 4.46. The average Bonchev–Trinajstić information content (AvgIpc) is 3.09. The number of aryl methyl sites for hydroxylation is 1. The van der Waals surface area contributed by atoms with Gasteiger partial charge in [0, 0.05) is 21.4 Å². The zero-order valence-corrected chi connectivity index (χ0v) is 11.7. The number of hydrogen-bond acceptors (Lipinski definition) is 2. The first kappa shape index (κ1) is 11.7. The zero-order valence-electron chi connectivity index (χ0n) is 10.8. The van der Waals surface area contributed by atoms with Crippen molar-refractivity contribution in [1.29, 1.82) is 0 Å². The molecule has 2 aromatic heterocycles. The molecule has 2 heterocycles. The minimum absolute atomic E-state index is 0.149. The number of carbonyl (C=O) groups is 1. The maximum Gasteiger partial charge on any atom is 0.205 e. The summed E-state index contributed by atoms with van der Waals surface area (Å²) in [5.74, 6) is 0.149. The molecule has 3 aromatic rings. The third-order valence-corrected chi connectivity index (χ3v) is 4.66. The zero-order chi connectivity index (χ0) is 13.5. The lowest BCUT2D eigenvalue weighted by Crippen LogP contribution is -2.13. The van der Waals surface area contributed by atoms with Gasteiger partial charge in [-0.15, -0.1) is 11.3 Å². The molecule has 20 heavy (non-hydrogen) atoms. The van der Waals surface area contributed by atoms with Gasteiger partial charge in [0.05, 0.1) is 5.69 Å². The van der Waals surface area contributed by atoms with Crippen LogP contribution < -0.4 is 0 Å². The Hall–Kier alpha value is -2.13. The number of thiophene rings is 1. The Morgan fingerprint density at radius 2 is 2.00 bits per heavy atom. The number of carbonyl (C=O) groups excluding carboxylic acids is 1. The molecule has 3 heteroatoms. The van der Waals surface area contributed by atoms with E-state index < -0.39 is 0 Å². The summed E-state index contributed by atoms with van der Waals surface area (Å²) in [6.07, 6.45) is 3.79. The number of Topliss-reactive ketones (excluding diaryl/α,β-unsaturated/α-hetero) is 1. The van der Waals surface area contributed by atoms with Gasteiger partial charge < -0.3 is 4.98 Å². The van der Waals surface area contributed by atoms with E-state index in [1.807, 2.05) is 41.8 Å².